The van der Waals surface area contributed by atoms with Crippen molar-refractivity contribution >= 4 is 34.0 Å². The van der Waals surface area contributed by atoms with Gasteiger partial charge < -0.3 is 22.1 Å². The number of benzene rings is 2. The lowest BCUT2D eigenvalue weighted by molar-refractivity contribution is 0.100. The minimum atomic E-state index is -0.482. The highest BCUT2D eigenvalue weighted by atomic mass is 16.1. The zero-order valence-electron chi connectivity index (χ0n) is 15.7. The van der Waals surface area contributed by atoms with Gasteiger partial charge in [-0.2, -0.15) is 0 Å². The number of hydrogen-bond acceptors (Lipinski definition) is 5. The fourth-order valence-electron chi connectivity index (χ4n) is 3.78. The maximum absolute atomic E-state index is 11.9. The van der Waals surface area contributed by atoms with Gasteiger partial charge in [0.2, 0.25) is 0 Å². The average Bonchev–Trinajstić information content (AvgIpc) is 2.70. The maximum atomic E-state index is 11.9. The largest absolute Gasteiger partial charge is 0.381 e. The third-order valence-corrected chi connectivity index (χ3v) is 5.32. The Hall–Kier alpha value is -3.12. The molecule has 1 aromatic heterocycles. The van der Waals surface area contributed by atoms with Crippen LogP contribution < -0.4 is 22.1 Å². The average molecular weight is 375 g/mol. The molecule has 0 unspecified atom stereocenters. The van der Waals surface area contributed by atoms with Gasteiger partial charge in [0.1, 0.15) is 5.82 Å². The highest BCUT2D eigenvalue weighted by Crippen LogP contribution is 2.27. The number of fused-ring (bicyclic) bond motifs is 1. The molecule has 1 heterocycles. The fraction of sp³-hybridized carbons (Fsp3) is 0.273. The molecule has 0 saturated heterocycles. The molecule has 0 aliphatic heterocycles. The number of rotatable bonds is 5. The number of pyridine rings is 1. The zero-order valence-corrected chi connectivity index (χ0v) is 15.7. The van der Waals surface area contributed by atoms with Crippen LogP contribution in [0.25, 0.3) is 10.9 Å². The number of anilines is 3. The van der Waals surface area contributed by atoms with Gasteiger partial charge in [-0.3, -0.25) is 4.79 Å². The van der Waals surface area contributed by atoms with Crippen LogP contribution in [0.3, 0.4) is 0 Å². The van der Waals surface area contributed by atoms with Gasteiger partial charge in [-0.05, 0) is 49.2 Å². The first-order valence-corrected chi connectivity index (χ1v) is 9.69. The van der Waals surface area contributed by atoms with Crippen molar-refractivity contribution < 1.29 is 4.79 Å². The van der Waals surface area contributed by atoms with E-state index in [1.54, 1.807) is 6.07 Å². The number of amides is 1. The van der Waals surface area contributed by atoms with Crippen molar-refractivity contribution in [1.82, 2.24) is 4.98 Å². The lowest BCUT2D eigenvalue weighted by Crippen LogP contribution is -2.42. The van der Waals surface area contributed by atoms with E-state index in [1.165, 1.54) is 12.8 Å². The Balaban J connectivity index is 1.62. The molecule has 1 amide bonds. The lowest BCUT2D eigenvalue weighted by Gasteiger charge is -2.30. The number of nitrogens with one attached hydrogen (secondary N) is 2. The molecule has 6 nitrogen and oxygen atoms in total. The number of para-hydroxylation sites is 1. The summed E-state index contributed by atoms with van der Waals surface area (Å²) in [4.78, 5) is 16.5. The molecular weight excluding hydrogens is 350 g/mol. The summed E-state index contributed by atoms with van der Waals surface area (Å²) in [5.41, 5.74) is 14.7. The summed E-state index contributed by atoms with van der Waals surface area (Å²) in [6.45, 7) is 0. The summed E-state index contributed by atoms with van der Waals surface area (Å²) in [6, 6.07) is 17.7. The molecule has 6 heteroatoms. The minimum absolute atomic E-state index is 0.142. The molecule has 1 aliphatic rings. The van der Waals surface area contributed by atoms with Crippen LogP contribution in [0, 0.1) is 0 Å². The Kier molecular flexibility index (Phi) is 5.12. The van der Waals surface area contributed by atoms with Crippen LogP contribution in [0.15, 0.2) is 54.6 Å². The van der Waals surface area contributed by atoms with Gasteiger partial charge in [0.15, 0.2) is 0 Å². The van der Waals surface area contributed by atoms with Gasteiger partial charge in [0.05, 0.1) is 16.8 Å². The van der Waals surface area contributed by atoms with Crippen molar-refractivity contribution in [3.8, 4) is 0 Å². The zero-order chi connectivity index (χ0) is 19.5. The van der Waals surface area contributed by atoms with E-state index in [9.17, 15) is 4.79 Å². The molecule has 2 atom stereocenters. The molecule has 28 heavy (non-hydrogen) atoms. The number of nitrogens with zero attached hydrogens (tertiary/aromatic N) is 1. The van der Waals surface area contributed by atoms with Crippen LogP contribution in [0.5, 0.6) is 0 Å². The first-order chi connectivity index (χ1) is 13.6. The lowest BCUT2D eigenvalue weighted by atomic mass is 9.91. The molecule has 3 aromatic rings. The van der Waals surface area contributed by atoms with Crippen molar-refractivity contribution in [1.29, 1.82) is 0 Å². The number of carbonyl (C=O) groups excluding carboxylic acids is 1. The monoisotopic (exact) mass is 375 g/mol. The summed E-state index contributed by atoms with van der Waals surface area (Å²) in [5, 5.41) is 7.83. The highest BCUT2D eigenvalue weighted by molar-refractivity contribution is 6.00. The summed E-state index contributed by atoms with van der Waals surface area (Å²) in [6.07, 6.45) is 4.44. The molecule has 1 fully saturated rings. The number of hydrogen-bond donors (Lipinski definition) is 4. The quantitative estimate of drug-likeness (QED) is 0.543. The van der Waals surface area contributed by atoms with Gasteiger partial charge in [0.25, 0.3) is 5.91 Å². The SMILES string of the molecule is NC(=O)c1ccc(N[C@@H]2CCCC[C@@H]2N)cc1Nc1ccc2ccccc2n1. The predicted molar refractivity (Wildman–Crippen MR) is 114 cm³/mol. The summed E-state index contributed by atoms with van der Waals surface area (Å²) in [5.74, 6) is 0.178. The Morgan fingerprint density at radius 3 is 2.68 bits per heavy atom. The van der Waals surface area contributed by atoms with Gasteiger partial charge in [-0.1, -0.05) is 31.0 Å². The molecule has 1 aliphatic carbocycles. The number of primary amides is 1. The first kappa shape index (κ1) is 18.3. The molecular formula is C22H25N5O. The number of nitrogens with two attached hydrogens (primary N) is 2. The molecule has 6 N–H and O–H groups in total. The van der Waals surface area contributed by atoms with Gasteiger partial charge in [0, 0.05) is 23.2 Å². The van der Waals surface area contributed by atoms with Crippen molar-refractivity contribution in [2.45, 2.75) is 37.8 Å². The molecule has 4 rings (SSSR count). The first-order valence-electron chi connectivity index (χ1n) is 9.69. The Labute approximate surface area is 164 Å². The van der Waals surface area contributed by atoms with Gasteiger partial charge >= 0.3 is 0 Å². The Morgan fingerprint density at radius 1 is 1.04 bits per heavy atom. The molecule has 2 aromatic carbocycles. The van der Waals surface area contributed by atoms with Crippen molar-refractivity contribution in [3.63, 3.8) is 0 Å². The van der Waals surface area contributed by atoms with Crippen LogP contribution in [0.2, 0.25) is 0 Å². The molecule has 0 bridgehead atoms. The fourth-order valence-corrected chi connectivity index (χ4v) is 3.78. The predicted octanol–water partition coefficient (Wildman–Crippen LogP) is 3.76. The standard InChI is InChI=1S/C22H25N5O/c23-17-6-2-4-8-19(17)25-15-10-11-16(22(24)28)20(13-15)27-21-12-9-14-5-1-3-7-18(14)26-21/h1,3,5,7,9-13,17,19,25H,2,4,6,8,23H2,(H2,24,28)(H,26,27)/t17-,19+/m0/s1. The molecule has 1 saturated carbocycles. The number of carbonyl (C=O) groups is 1. The van der Waals surface area contributed by atoms with Crippen molar-refractivity contribution in [2.24, 2.45) is 11.5 Å². The Bertz CT molecular complexity index is 1000. The van der Waals surface area contributed by atoms with E-state index < -0.39 is 5.91 Å². The van der Waals surface area contributed by atoms with Crippen molar-refractivity contribution in [2.75, 3.05) is 10.6 Å². The van der Waals surface area contributed by atoms with Gasteiger partial charge in [-0.25, -0.2) is 4.98 Å². The summed E-state index contributed by atoms with van der Waals surface area (Å²) < 4.78 is 0. The topological polar surface area (TPSA) is 106 Å². The normalized spacial score (nSPS) is 19.3. The highest BCUT2D eigenvalue weighted by Gasteiger charge is 2.22. The van der Waals surface area contributed by atoms with E-state index in [-0.39, 0.29) is 12.1 Å². The van der Waals surface area contributed by atoms with Crippen molar-refractivity contribution in [3.05, 3.63) is 60.2 Å². The van der Waals surface area contributed by atoms with Gasteiger partial charge in [-0.15, -0.1) is 0 Å². The second-order valence-corrected chi connectivity index (χ2v) is 7.34. The second kappa shape index (κ2) is 7.86. The maximum Gasteiger partial charge on any atom is 0.250 e. The summed E-state index contributed by atoms with van der Waals surface area (Å²) in [7, 11) is 0. The van der Waals surface area contributed by atoms with Crippen LogP contribution >= 0.6 is 0 Å². The van der Waals surface area contributed by atoms with E-state index in [1.807, 2.05) is 48.5 Å². The van der Waals surface area contributed by atoms with E-state index in [0.717, 1.165) is 29.4 Å². The van der Waals surface area contributed by atoms with E-state index in [2.05, 4.69) is 15.6 Å². The van der Waals surface area contributed by atoms with Crippen LogP contribution in [0.4, 0.5) is 17.2 Å². The smallest absolute Gasteiger partial charge is 0.250 e. The van der Waals surface area contributed by atoms with Crippen LogP contribution in [-0.2, 0) is 0 Å². The Morgan fingerprint density at radius 2 is 1.86 bits per heavy atom. The number of aromatic nitrogens is 1. The molecule has 0 radical (unpaired) electrons. The van der Waals surface area contributed by atoms with Crippen LogP contribution in [0.1, 0.15) is 36.0 Å². The molecule has 144 valence electrons. The minimum Gasteiger partial charge on any atom is -0.381 e. The second-order valence-electron chi connectivity index (χ2n) is 7.34. The van der Waals surface area contributed by atoms with E-state index in [0.29, 0.717) is 17.1 Å². The third kappa shape index (κ3) is 3.92. The summed E-state index contributed by atoms with van der Waals surface area (Å²) >= 11 is 0. The van der Waals surface area contributed by atoms with E-state index >= 15 is 0 Å². The van der Waals surface area contributed by atoms with Crippen LogP contribution in [-0.4, -0.2) is 23.0 Å². The van der Waals surface area contributed by atoms with E-state index in [4.69, 9.17) is 11.5 Å². The third-order valence-electron chi connectivity index (χ3n) is 5.32. The molecule has 0 spiro atoms.